The molecule has 0 saturated carbocycles. The highest BCUT2D eigenvalue weighted by Gasteiger charge is 2.34. The van der Waals surface area contributed by atoms with E-state index in [9.17, 15) is 9.59 Å². The average molecular weight is 705 g/mol. The fraction of sp³-hybridized carbons (Fsp3) is 0.156. The number of carbonyl (C=O) groups excluding carboxylic acids is 1. The average Bonchev–Trinajstić information content (AvgIpc) is 3.53. The second-order valence-corrected chi connectivity index (χ2v) is 12.7. The number of hydrogen-bond acceptors (Lipinski definition) is 10. The zero-order valence-corrected chi connectivity index (χ0v) is 27.7. The van der Waals surface area contributed by atoms with Crippen LogP contribution in [0.15, 0.2) is 107 Å². The minimum atomic E-state index is -0.833. The van der Waals surface area contributed by atoms with Gasteiger partial charge >= 0.3 is 0 Å². The van der Waals surface area contributed by atoms with E-state index in [0.717, 1.165) is 5.69 Å². The van der Waals surface area contributed by atoms with Crippen molar-refractivity contribution in [2.75, 3.05) is 19.5 Å². The number of methoxy groups -OCH3 is 2. The minimum Gasteiger partial charge on any atom is -0.497 e. The Morgan fingerprint density at radius 3 is 2.64 bits per heavy atom. The Morgan fingerprint density at radius 1 is 1.11 bits per heavy atom. The minimum absolute atomic E-state index is 0.318. The molecule has 3 aromatic heterocycles. The number of aryl methyl sites for hydroxylation is 1. The van der Waals surface area contributed by atoms with Gasteiger partial charge in [0.2, 0.25) is 0 Å². The van der Waals surface area contributed by atoms with Gasteiger partial charge in [-0.25, -0.2) is 15.0 Å². The van der Waals surface area contributed by atoms with Crippen molar-refractivity contribution in [1.29, 1.82) is 0 Å². The smallest absolute Gasteiger partial charge is 0.271 e. The molecule has 1 atom stereocenters. The molecule has 1 N–H and O–H groups in total. The Morgan fingerprint density at radius 2 is 1.91 bits per heavy atom. The molecule has 1 aliphatic rings. The predicted octanol–water partition coefficient (Wildman–Crippen LogP) is 5.50. The van der Waals surface area contributed by atoms with Gasteiger partial charge in [0.1, 0.15) is 23.3 Å². The quantitative estimate of drug-likeness (QED) is 0.211. The second kappa shape index (κ2) is 12.9. The molecule has 0 saturated heterocycles. The fourth-order valence-electron chi connectivity index (χ4n) is 4.87. The van der Waals surface area contributed by atoms with Crippen LogP contribution < -0.4 is 29.7 Å². The van der Waals surface area contributed by atoms with Crippen LogP contribution in [0.4, 0.5) is 5.69 Å². The van der Waals surface area contributed by atoms with E-state index in [1.54, 1.807) is 62.7 Å². The van der Waals surface area contributed by atoms with E-state index < -0.39 is 6.04 Å². The monoisotopic (exact) mass is 703 g/mol. The third-order valence-electron chi connectivity index (χ3n) is 6.94. The highest BCUT2D eigenvalue weighted by atomic mass is 79.9. The largest absolute Gasteiger partial charge is 0.497 e. The molecule has 2 aromatic carbocycles. The number of allylic oxidation sites excluding steroid dienone is 1. The lowest BCUT2D eigenvalue weighted by atomic mass is 9.94. The van der Waals surface area contributed by atoms with Crippen molar-refractivity contribution in [1.82, 2.24) is 14.5 Å². The summed E-state index contributed by atoms with van der Waals surface area (Å²) in [6.45, 7) is 3.65. The number of halogens is 1. The summed E-state index contributed by atoms with van der Waals surface area (Å²) in [5, 5.41) is 4.05. The molecule has 0 fully saturated rings. The van der Waals surface area contributed by atoms with E-state index in [4.69, 9.17) is 18.9 Å². The van der Waals surface area contributed by atoms with Crippen molar-refractivity contribution < 1.29 is 18.7 Å². The van der Waals surface area contributed by atoms with Crippen molar-refractivity contribution >= 4 is 56.7 Å². The molecule has 1 amide bonds. The Bertz CT molecular complexity index is 2140. The molecule has 10 nitrogen and oxygen atoms in total. The van der Waals surface area contributed by atoms with E-state index in [-0.39, 0.29) is 11.5 Å². The molecular weight excluding hydrogens is 678 g/mol. The van der Waals surface area contributed by atoms with Crippen molar-refractivity contribution in [3.8, 4) is 11.5 Å². The van der Waals surface area contributed by atoms with Gasteiger partial charge in [-0.2, -0.15) is 0 Å². The number of nitrogens with one attached hydrogen (secondary N) is 1. The molecule has 4 heterocycles. The summed E-state index contributed by atoms with van der Waals surface area (Å²) in [4.78, 5) is 41.9. The van der Waals surface area contributed by atoms with Crippen LogP contribution in [0.5, 0.6) is 11.5 Å². The van der Waals surface area contributed by atoms with Gasteiger partial charge in [-0.15, -0.1) is 0 Å². The van der Waals surface area contributed by atoms with Crippen LogP contribution in [0.1, 0.15) is 30.0 Å². The van der Waals surface area contributed by atoms with E-state index in [1.165, 1.54) is 34.8 Å². The normalized spacial score (nSPS) is 14.6. The third kappa shape index (κ3) is 6.23. The van der Waals surface area contributed by atoms with Gasteiger partial charge in [0.15, 0.2) is 15.1 Å². The topological polar surface area (TPSA) is 121 Å². The molecule has 228 valence electrons. The van der Waals surface area contributed by atoms with Crippen molar-refractivity contribution in [3.63, 3.8) is 0 Å². The number of thiazole rings is 1. The highest BCUT2D eigenvalue weighted by molar-refractivity contribution is 9.10. The van der Waals surface area contributed by atoms with Gasteiger partial charge in [0.25, 0.3) is 11.5 Å². The summed E-state index contributed by atoms with van der Waals surface area (Å²) in [7, 11) is 3.10. The van der Waals surface area contributed by atoms with Crippen LogP contribution in [-0.4, -0.2) is 34.7 Å². The van der Waals surface area contributed by atoms with Crippen molar-refractivity contribution in [2.45, 2.75) is 30.1 Å². The third-order valence-corrected chi connectivity index (χ3v) is 9.64. The van der Waals surface area contributed by atoms with Crippen LogP contribution in [0.3, 0.4) is 0 Å². The fourth-order valence-corrected chi connectivity index (χ4v) is 7.21. The number of hydrogen-bond donors (Lipinski definition) is 1. The number of fused-ring (bicyclic) bond motifs is 1. The number of aromatic nitrogens is 3. The number of amides is 1. The highest BCUT2D eigenvalue weighted by Crippen LogP contribution is 2.38. The van der Waals surface area contributed by atoms with E-state index in [2.05, 4.69) is 31.2 Å². The van der Waals surface area contributed by atoms with Gasteiger partial charge in [-0.3, -0.25) is 14.2 Å². The molecular formula is C32H26BrN5O5S2. The van der Waals surface area contributed by atoms with Crippen LogP contribution in [0.2, 0.25) is 0 Å². The lowest BCUT2D eigenvalue weighted by Gasteiger charge is -2.26. The van der Waals surface area contributed by atoms with Gasteiger partial charge in [0.05, 0.1) is 34.5 Å². The summed E-state index contributed by atoms with van der Waals surface area (Å²) in [6, 6.07) is 17.2. The summed E-state index contributed by atoms with van der Waals surface area (Å²) >= 11 is 6.02. The first-order valence-corrected chi connectivity index (χ1v) is 16.1. The van der Waals surface area contributed by atoms with Crippen LogP contribution >= 0.6 is 39.0 Å². The lowest BCUT2D eigenvalue weighted by molar-refractivity contribution is -0.113. The number of nitrogens with zero attached hydrogens (tertiary/aromatic N) is 4. The Kier molecular flexibility index (Phi) is 8.74. The zero-order chi connectivity index (χ0) is 31.7. The molecule has 0 bridgehead atoms. The van der Waals surface area contributed by atoms with Crippen LogP contribution in [-0.2, 0) is 4.79 Å². The number of furan rings is 1. The number of rotatable bonds is 8. The molecule has 6 rings (SSSR count). The summed E-state index contributed by atoms with van der Waals surface area (Å²) < 4.78 is 19.8. The second-order valence-electron chi connectivity index (χ2n) is 9.88. The molecule has 0 aliphatic carbocycles. The lowest BCUT2D eigenvalue weighted by Crippen LogP contribution is -2.40. The zero-order valence-electron chi connectivity index (χ0n) is 24.5. The summed E-state index contributed by atoms with van der Waals surface area (Å²) in [5.41, 5.74) is 2.54. The molecule has 45 heavy (non-hydrogen) atoms. The number of anilines is 1. The summed E-state index contributed by atoms with van der Waals surface area (Å²) in [5.74, 6) is 1.11. The maximum atomic E-state index is 14.2. The van der Waals surface area contributed by atoms with Crippen LogP contribution in [0, 0.1) is 6.92 Å². The first-order chi connectivity index (χ1) is 21.7. The van der Waals surface area contributed by atoms with Gasteiger partial charge in [-0.05, 0) is 77.9 Å². The SMILES string of the molecule is COc1ccc([C@@H]2C(C(=O)Nc3ccccc3)=C(C)N=c3s/c(=C/c4cc(Br)c(Sc5nccc(C)n5)o4)c(=O)n32)c(OC)c1. The Hall–Kier alpha value is -4.46. The predicted molar refractivity (Wildman–Crippen MR) is 176 cm³/mol. The molecule has 5 aromatic rings. The Labute approximate surface area is 274 Å². The molecule has 0 spiro atoms. The first kappa shape index (κ1) is 30.6. The number of ether oxygens (including phenoxy) is 2. The van der Waals surface area contributed by atoms with Crippen molar-refractivity contribution in [2.24, 2.45) is 4.99 Å². The standard InChI is InChI=1S/C32H26BrN5O5S2/c1-17-12-13-34-31(35-17)45-30-23(33)14-21(43-30)16-25-29(40)38-27(22-11-10-20(41-3)15-24(22)42-4)26(18(2)36-32(38)44-25)28(39)37-19-8-6-5-7-9-19/h5-16,27H,1-4H3,(H,37,39)/b25-16+/t27-/m1/s1. The molecule has 1 aliphatic heterocycles. The number of benzene rings is 2. The maximum Gasteiger partial charge on any atom is 0.271 e. The van der Waals surface area contributed by atoms with E-state index in [0.29, 0.717) is 63.8 Å². The van der Waals surface area contributed by atoms with Crippen molar-refractivity contribution in [3.05, 3.63) is 119 Å². The summed E-state index contributed by atoms with van der Waals surface area (Å²) in [6.07, 6.45) is 3.36. The van der Waals surface area contributed by atoms with E-state index >= 15 is 0 Å². The van der Waals surface area contributed by atoms with E-state index in [1.807, 2.05) is 31.2 Å². The van der Waals surface area contributed by atoms with Gasteiger partial charge < -0.3 is 19.2 Å². The molecule has 13 heteroatoms. The number of para-hydroxylation sites is 1. The molecule has 0 radical (unpaired) electrons. The molecule has 0 unspecified atom stereocenters. The number of carbonyl (C=O) groups is 1. The maximum absolute atomic E-state index is 14.2. The van der Waals surface area contributed by atoms with Crippen LogP contribution in [0.25, 0.3) is 6.08 Å². The first-order valence-electron chi connectivity index (χ1n) is 13.6. The van der Waals surface area contributed by atoms with Gasteiger partial charge in [0, 0.05) is 35.3 Å². The van der Waals surface area contributed by atoms with Gasteiger partial charge in [-0.1, -0.05) is 29.5 Å². The Balaban J connectivity index is 1.46.